The first-order chi connectivity index (χ1) is 14.4. The molecule has 0 fully saturated rings. The van der Waals surface area contributed by atoms with Crippen LogP contribution >= 0.6 is 0 Å². The van der Waals surface area contributed by atoms with Crippen molar-refractivity contribution in [2.45, 2.75) is 52.1 Å². The maximum atomic E-state index is 13.2. The summed E-state index contributed by atoms with van der Waals surface area (Å²) in [6.45, 7) is 6.24. The minimum atomic E-state index is -0.312. The van der Waals surface area contributed by atoms with Crippen LogP contribution in [0.25, 0.3) is 10.9 Å². The molecule has 0 N–H and O–H groups in total. The van der Waals surface area contributed by atoms with Gasteiger partial charge in [0.25, 0.3) is 5.56 Å². The van der Waals surface area contributed by atoms with Gasteiger partial charge in [0.15, 0.2) is 0 Å². The van der Waals surface area contributed by atoms with E-state index >= 15 is 0 Å². The Morgan fingerprint density at radius 3 is 2.60 bits per heavy atom. The summed E-state index contributed by atoms with van der Waals surface area (Å²) in [6.07, 6.45) is 3.50. The van der Waals surface area contributed by atoms with Crippen LogP contribution < -0.4 is 5.56 Å². The Labute approximate surface area is 179 Å². The van der Waals surface area contributed by atoms with Gasteiger partial charge in [-0.1, -0.05) is 31.9 Å². The predicted octanol–water partition coefficient (Wildman–Crippen LogP) is 3.07. The molecule has 0 aliphatic carbocycles. The fourth-order valence-corrected chi connectivity index (χ4v) is 3.55. The Bertz CT molecular complexity index is 878. The zero-order valence-corrected chi connectivity index (χ0v) is 19.1. The Kier molecular flexibility index (Phi) is 9.46. The Hall–Kier alpha value is -2.25. The number of hydrogen-bond donors (Lipinski definition) is 0. The van der Waals surface area contributed by atoms with Gasteiger partial charge in [-0.2, -0.15) is 0 Å². The molecule has 7 nitrogen and oxygen atoms in total. The molecule has 1 aromatic carbocycles. The Morgan fingerprint density at radius 2 is 1.93 bits per heavy atom. The quantitative estimate of drug-likeness (QED) is 0.498. The first kappa shape index (κ1) is 24.0. The number of benzene rings is 1. The lowest BCUT2D eigenvalue weighted by Gasteiger charge is -2.31. The van der Waals surface area contributed by atoms with Crippen LogP contribution in [0.1, 0.15) is 51.4 Å². The molecule has 0 bridgehead atoms. The highest BCUT2D eigenvalue weighted by Gasteiger charge is 2.26. The lowest BCUT2D eigenvalue weighted by atomic mass is 10.1. The van der Waals surface area contributed by atoms with Gasteiger partial charge in [-0.05, 0) is 39.6 Å². The number of amides is 1. The van der Waals surface area contributed by atoms with Gasteiger partial charge in [-0.25, -0.2) is 4.98 Å². The van der Waals surface area contributed by atoms with Gasteiger partial charge >= 0.3 is 0 Å². The van der Waals surface area contributed by atoms with Crippen molar-refractivity contribution in [2.24, 2.45) is 0 Å². The largest absolute Gasteiger partial charge is 0.383 e. The second-order valence-electron chi connectivity index (χ2n) is 7.96. The van der Waals surface area contributed by atoms with E-state index in [1.807, 2.05) is 44.1 Å². The van der Waals surface area contributed by atoms with Crippen molar-refractivity contribution in [1.29, 1.82) is 0 Å². The number of aromatic nitrogens is 2. The van der Waals surface area contributed by atoms with Gasteiger partial charge in [0.2, 0.25) is 5.91 Å². The van der Waals surface area contributed by atoms with Crippen LogP contribution in [0.5, 0.6) is 0 Å². The number of methoxy groups -OCH3 is 1. The molecule has 7 heteroatoms. The summed E-state index contributed by atoms with van der Waals surface area (Å²) in [4.78, 5) is 35.0. The van der Waals surface area contributed by atoms with Crippen LogP contribution in [-0.4, -0.2) is 66.2 Å². The van der Waals surface area contributed by atoms with Crippen LogP contribution in [-0.2, 0) is 16.1 Å². The van der Waals surface area contributed by atoms with Gasteiger partial charge in [0.05, 0.1) is 30.1 Å². The monoisotopic (exact) mass is 416 g/mol. The molecule has 0 saturated heterocycles. The average molecular weight is 417 g/mol. The van der Waals surface area contributed by atoms with Gasteiger partial charge in [0.1, 0.15) is 5.82 Å². The molecule has 1 heterocycles. The number of nitrogens with zero attached hydrogens (tertiary/aromatic N) is 4. The number of ether oxygens (including phenoxy) is 1. The minimum absolute atomic E-state index is 0.0921. The number of carbonyl (C=O) groups is 1. The van der Waals surface area contributed by atoms with Crippen molar-refractivity contribution in [1.82, 2.24) is 19.4 Å². The zero-order valence-electron chi connectivity index (χ0n) is 19.1. The van der Waals surface area contributed by atoms with E-state index < -0.39 is 0 Å². The highest BCUT2D eigenvalue weighted by atomic mass is 16.5. The number of fused-ring (bicyclic) bond motifs is 1. The molecular weight excluding hydrogens is 380 g/mol. The maximum Gasteiger partial charge on any atom is 0.261 e. The smallest absolute Gasteiger partial charge is 0.261 e. The fraction of sp³-hybridized carbons (Fsp3) is 0.609. The van der Waals surface area contributed by atoms with E-state index in [0.29, 0.717) is 42.8 Å². The summed E-state index contributed by atoms with van der Waals surface area (Å²) in [5.74, 6) is 0.719. The SMILES string of the molecule is CCCCCC(=O)N(CCN(C)C)C(C)c1nc2ccccc2c(=O)n1CCOC. The number of likely N-dealkylation sites (N-methyl/N-ethyl adjacent to an activating group) is 1. The molecule has 1 amide bonds. The van der Waals surface area contributed by atoms with Crippen molar-refractivity contribution in [3.05, 3.63) is 40.4 Å². The number of rotatable bonds is 12. The first-order valence-electron chi connectivity index (χ1n) is 10.8. The molecule has 0 radical (unpaired) electrons. The highest BCUT2D eigenvalue weighted by Crippen LogP contribution is 2.21. The lowest BCUT2D eigenvalue weighted by Crippen LogP contribution is -2.41. The molecule has 2 aromatic rings. The fourth-order valence-electron chi connectivity index (χ4n) is 3.55. The topological polar surface area (TPSA) is 67.7 Å². The zero-order chi connectivity index (χ0) is 22.1. The molecular formula is C23H36N4O3. The predicted molar refractivity (Wildman–Crippen MR) is 121 cm³/mol. The van der Waals surface area contributed by atoms with E-state index in [2.05, 4.69) is 11.8 Å². The highest BCUT2D eigenvalue weighted by molar-refractivity contribution is 5.78. The molecule has 1 unspecified atom stereocenters. The van der Waals surface area contributed by atoms with E-state index in [-0.39, 0.29) is 17.5 Å². The van der Waals surface area contributed by atoms with Crippen LogP contribution in [0.4, 0.5) is 0 Å². The third-order valence-corrected chi connectivity index (χ3v) is 5.35. The molecule has 30 heavy (non-hydrogen) atoms. The summed E-state index contributed by atoms with van der Waals surface area (Å²) in [6, 6.07) is 7.05. The number of carbonyl (C=O) groups excluding carboxylic acids is 1. The molecule has 0 aliphatic heterocycles. The maximum absolute atomic E-state index is 13.2. The normalized spacial score (nSPS) is 12.5. The van der Waals surface area contributed by atoms with Crippen molar-refractivity contribution < 1.29 is 9.53 Å². The van der Waals surface area contributed by atoms with E-state index in [9.17, 15) is 9.59 Å². The molecule has 1 atom stereocenters. The second-order valence-corrected chi connectivity index (χ2v) is 7.96. The van der Waals surface area contributed by atoms with Crippen LogP contribution in [0.15, 0.2) is 29.1 Å². The van der Waals surface area contributed by atoms with Crippen LogP contribution in [0.2, 0.25) is 0 Å². The van der Waals surface area contributed by atoms with Crippen LogP contribution in [0.3, 0.4) is 0 Å². The van der Waals surface area contributed by atoms with Crippen molar-refractivity contribution >= 4 is 16.8 Å². The summed E-state index contributed by atoms with van der Waals surface area (Å²) < 4.78 is 6.89. The third-order valence-electron chi connectivity index (χ3n) is 5.35. The van der Waals surface area contributed by atoms with Gasteiger partial charge in [-0.15, -0.1) is 0 Å². The van der Waals surface area contributed by atoms with Gasteiger partial charge in [-0.3, -0.25) is 14.2 Å². The average Bonchev–Trinajstić information content (AvgIpc) is 2.73. The summed E-state index contributed by atoms with van der Waals surface area (Å²) in [5, 5.41) is 0.582. The first-order valence-corrected chi connectivity index (χ1v) is 10.8. The van der Waals surface area contributed by atoms with E-state index in [0.717, 1.165) is 25.8 Å². The van der Waals surface area contributed by atoms with Crippen molar-refractivity contribution in [2.75, 3.05) is 40.9 Å². The minimum Gasteiger partial charge on any atom is -0.383 e. The van der Waals surface area contributed by atoms with Crippen molar-refractivity contribution in [3.63, 3.8) is 0 Å². The summed E-state index contributed by atoms with van der Waals surface area (Å²) in [7, 11) is 5.60. The molecule has 166 valence electrons. The third kappa shape index (κ3) is 6.12. The summed E-state index contributed by atoms with van der Waals surface area (Å²) >= 11 is 0. The number of hydrogen-bond acceptors (Lipinski definition) is 5. The van der Waals surface area contributed by atoms with E-state index in [1.54, 1.807) is 17.7 Å². The summed E-state index contributed by atoms with van der Waals surface area (Å²) in [5.41, 5.74) is 0.564. The molecule has 1 aromatic heterocycles. The lowest BCUT2D eigenvalue weighted by molar-refractivity contribution is -0.133. The molecule has 0 spiro atoms. The number of unbranched alkanes of at least 4 members (excludes halogenated alkanes) is 2. The van der Waals surface area contributed by atoms with Gasteiger partial charge < -0.3 is 14.5 Å². The van der Waals surface area contributed by atoms with E-state index in [4.69, 9.17) is 9.72 Å². The molecule has 2 rings (SSSR count). The van der Waals surface area contributed by atoms with Crippen LogP contribution in [0, 0.1) is 0 Å². The van der Waals surface area contributed by atoms with Crippen molar-refractivity contribution in [3.8, 4) is 0 Å². The molecule has 0 aliphatic rings. The van der Waals surface area contributed by atoms with E-state index in [1.165, 1.54) is 0 Å². The Balaban J connectivity index is 2.46. The number of para-hydroxylation sites is 1. The second kappa shape index (κ2) is 11.8. The Morgan fingerprint density at radius 1 is 1.20 bits per heavy atom. The standard InChI is InChI=1S/C23H36N4O3/c1-6-7-8-13-21(28)26(15-14-25(3)4)18(2)22-24-20-12-10-9-11-19(20)23(29)27(22)16-17-30-5/h9-12,18H,6-8,13-17H2,1-5H3. The molecule has 0 saturated carbocycles. The van der Waals surface area contributed by atoms with Gasteiger partial charge in [0, 0.05) is 26.6 Å².